The van der Waals surface area contributed by atoms with E-state index in [1.54, 1.807) is 13.8 Å². The normalized spacial score (nSPS) is 16.6. The first-order valence-corrected chi connectivity index (χ1v) is 4.33. The summed E-state index contributed by atoms with van der Waals surface area (Å²) >= 11 is 0. The van der Waals surface area contributed by atoms with Gasteiger partial charge in [-0.15, -0.1) is 0 Å². The Balaban J connectivity index is 0. The van der Waals surface area contributed by atoms with E-state index in [0.29, 0.717) is 0 Å². The van der Waals surface area contributed by atoms with Gasteiger partial charge in [-0.1, -0.05) is 7.43 Å². The van der Waals surface area contributed by atoms with Crippen LogP contribution in [-0.4, -0.2) is 12.8 Å². The largest absolute Gasteiger partial charge is 0.364 e. The Kier molecular flexibility index (Phi) is 5.30. The quantitative estimate of drug-likeness (QED) is 0.574. The van der Waals surface area contributed by atoms with Crippen molar-refractivity contribution in [2.24, 2.45) is 0 Å². The molecule has 0 aromatic heterocycles. The summed E-state index contributed by atoms with van der Waals surface area (Å²) in [5.74, 6) is 0. The highest BCUT2D eigenvalue weighted by atomic mass is 31.2. The molecule has 0 aliphatic rings. The second-order valence-electron chi connectivity index (χ2n) is 1.90. The van der Waals surface area contributed by atoms with Crippen molar-refractivity contribution < 1.29 is 13.3 Å². The maximum Gasteiger partial charge on any atom is 0.364 e. The van der Waals surface area contributed by atoms with Gasteiger partial charge < -0.3 is 4.52 Å². The molecule has 0 saturated carbocycles. The lowest BCUT2D eigenvalue weighted by Crippen LogP contribution is -1.96. The molecule has 0 rings (SSSR count). The number of hydrogen-bond acceptors (Lipinski definition) is 2. The van der Waals surface area contributed by atoms with E-state index in [1.165, 1.54) is 0 Å². The average molecular weight is 156 g/mol. The van der Waals surface area contributed by atoms with Gasteiger partial charge in [0.05, 0.1) is 6.10 Å². The van der Waals surface area contributed by atoms with Crippen molar-refractivity contribution >= 4 is 7.68 Å². The first-order valence-electron chi connectivity index (χ1n) is 2.37. The van der Waals surface area contributed by atoms with Crippen LogP contribution < -0.4 is 0 Å². The second kappa shape index (κ2) is 4.02. The minimum absolute atomic E-state index is 0. The summed E-state index contributed by atoms with van der Waals surface area (Å²) in [5.41, 5.74) is 0. The molecule has 0 N–H and O–H groups in total. The van der Waals surface area contributed by atoms with Crippen molar-refractivity contribution in [1.29, 1.82) is 0 Å². The molecule has 0 aliphatic heterocycles. The van der Waals surface area contributed by atoms with Gasteiger partial charge in [-0.05, 0) is 13.8 Å². The lowest BCUT2D eigenvalue weighted by molar-refractivity contribution is 0.227. The third-order valence-electron chi connectivity index (χ3n) is 0.399. The van der Waals surface area contributed by atoms with Crippen molar-refractivity contribution in [2.45, 2.75) is 27.4 Å². The molecule has 0 spiro atoms. The molecule has 0 aromatic carbocycles. The van der Waals surface area contributed by atoms with Crippen LogP contribution in [0.15, 0.2) is 0 Å². The van der Waals surface area contributed by atoms with Crippen LogP contribution in [0.3, 0.4) is 0 Å². The molecular formula is C5H14FO2P. The summed E-state index contributed by atoms with van der Waals surface area (Å²) in [6.45, 7) is 4.22. The number of halogens is 1. The predicted molar refractivity (Wildman–Crippen MR) is 37.6 cm³/mol. The Hall–Kier alpha value is 0.120. The molecule has 0 aromatic rings. The highest BCUT2D eigenvalue weighted by molar-refractivity contribution is 7.52. The zero-order chi connectivity index (χ0) is 6.78. The first kappa shape index (κ1) is 11.9. The highest BCUT2D eigenvalue weighted by Gasteiger charge is 2.13. The van der Waals surface area contributed by atoms with Gasteiger partial charge in [0.1, 0.15) is 0 Å². The number of hydrogen-bond donors (Lipinski definition) is 0. The van der Waals surface area contributed by atoms with Crippen LogP contribution in [0, 0.1) is 0 Å². The lowest BCUT2D eigenvalue weighted by Gasteiger charge is -2.06. The van der Waals surface area contributed by atoms with Gasteiger partial charge in [-0.25, -0.2) is 0 Å². The SMILES string of the molecule is C.CC(C)OP(C)(=O)F. The molecule has 58 valence electrons. The molecule has 0 amide bonds. The third-order valence-corrected chi connectivity index (χ3v) is 1.20. The molecule has 0 aliphatic carbocycles. The minimum Gasteiger partial charge on any atom is -0.303 e. The van der Waals surface area contributed by atoms with E-state index in [2.05, 4.69) is 4.52 Å². The van der Waals surface area contributed by atoms with Crippen molar-refractivity contribution in [2.75, 3.05) is 6.66 Å². The van der Waals surface area contributed by atoms with E-state index in [-0.39, 0.29) is 13.5 Å². The monoisotopic (exact) mass is 156 g/mol. The van der Waals surface area contributed by atoms with Gasteiger partial charge in [0.2, 0.25) is 0 Å². The molecule has 4 heteroatoms. The summed E-state index contributed by atoms with van der Waals surface area (Å²) in [6, 6.07) is 0. The van der Waals surface area contributed by atoms with Crippen LogP contribution in [-0.2, 0) is 9.09 Å². The smallest absolute Gasteiger partial charge is 0.303 e. The molecule has 0 heterocycles. The Morgan fingerprint density at radius 1 is 1.56 bits per heavy atom. The van der Waals surface area contributed by atoms with E-state index < -0.39 is 7.68 Å². The molecule has 0 saturated heterocycles. The van der Waals surface area contributed by atoms with Crippen molar-refractivity contribution in [3.63, 3.8) is 0 Å². The molecule has 9 heavy (non-hydrogen) atoms. The summed E-state index contributed by atoms with van der Waals surface area (Å²) in [5, 5.41) is 0. The summed E-state index contributed by atoms with van der Waals surface area (Å²) in [4.78, 5) is 0. The van der Waals surface area contributed by atoms with Crippen LogP contribution in [0.25, 0.3) is 0 Å². The minimum atomic E-state index is -3.72. The Labute approximate surface area is 56.0 Å². The van der Waals surface area contributed by atoms with Crippen LogP contribution in [0.5, 0.6) is 0 Å². The van der Waals surface area contributed by atoms with E-state index in [1.807, 2.05) is 0 Å². The maximum absolute atomic E-state index is 12.0. The lowest BCUT2D eigenvalue weighted by atomic mass is 10.5. The zero-order valence-corrected chi connectivity index (χ0v) is 6.11. The Morgan fingerprint density at radius 3 is 1.89 bits per heavy atom. The topological polar surface area (TPSA) is 26.3 Å². The fourth-order valence-corrected chi connectivity index (χ4v) is 1.13. The maximum atomic E-state index is 12.0. The van der Waals surface area contributed by atoms with E-state index in [4.69, 9.17) is 0 Å². The van der Waals surface area contributed by atoms with Gasteiger partial charge in [-0.2, -0.15) is 4.20 Å². The average Bonchev–Trinajstić information content (AvgIpc) is 1.21. The van der Waals surface area contributed by atoms with Crippen LogP contribution in [0.2, 0.25) is 0 Å². The van der Waals surface area contributed by atoms with Gasteiger partial charge >= 0.3 is 7.68 Å². The van der Waals surface area contributed by atoms with E-state index >= 15 is 0 Å². The molecule has 1 atom stereocenters. The second-order valence-corrected chi connectivity index (χ2v) is 3.61. The van der Waals surface area contributed by atoms with Crippen LogP contribution >= 0.6 is 7.68 Å². The van der Waals surface area contributed by atoms with E-state index in [0.717, 1.165) is 6.66 Å². The standard InChI is InChI=1S/C4H10FO2P.CH4/c1-4(2)7-8(3,5)6;/h4H,1-3H3;1H4. The van der Waals surface area contributed by atoms with Gasteiger partial charge in [0.15, 0.2) is 0 Å². The summed E-state index contributed by atoms with van der Waals surface area (Å²) < 4.78 is 26.4. The third kappa shape index (κ3) is 11.6. The van der Waals surface area contributed by atoms with Crippen molar-refractivity contribution in [3.8, 4) is 0 Å². The fourth-order valence-electron chi connectivity index (χ4n) is 0.377. The number of rotatable bonds is 2. The highest BCUT2D eigenvalue weighted by Crippen LogP contribution is 2.44. The van der Waals surface area contributed by atoms with Crippen molar-refractivity contribution in [3.05, 3.63) is 0 Å². The molecular weight excluding hydrogens is 142 g/mol. The molecule has 1 unspecified atom stereocenters. The van der Waals surface area contributed by atoms with Crippen molar-refractivity contribution in [1.82, 2.24) is 0 Å². The van der Waals surface area contributed by atoms with Gasteiger partial charge in [-0.3, -0.25) is 4.57 Å². The molecule has 0 bridgehead atoms. The van der Waals surface area contributed by atoms with Crippen LogP contribution in [0.1, 0.15) is 21.3 Å². The molecule has 0 radical (unpaired) electrons. The summed E-state index contributed by atoms with van der Waals surface area (Å²) in [6.07, 6.45) is -0.296. The Bertz CT molecular complexity index is 108. The predicted octanol–water partition coefficient (Wildman–Crippen LogP) is 2.84. The zero-order valence-electron chi connectivity index (χ0n) is 5.22. The molecule has 2 nitrogen and oxygen atoms in total. The first-order chi connectivity index (χ1) is 3.42. The van der Waals surface area contributed by atoms with Gasteiger partial charge in [0, 0.05) is 6.66 Å². The van der Waals surface area contributed by atoms with E-state index in [9.17, 15) is 8.76 Å². The Morgan fingerprint density at radius 2 is 1.89 bits per heavy atom. The summed E-state index contributed by atoms with van der Waals surface area (Å²) in [7, 11) is -3.72. The molecule has 0 fully saturated rings. The van der Waals surface area contributed by atoms with Crippen LogP contribution in [0.4, 0.5) is 4.20 Å². The van der Waals surface area contributed by atoms with Gasteiger partial charge in [0.25, 0.3) is 0 Å². The fraction of sp³-hybridized carbons (Fsp3) is 1.00.